The van der Waals surface area contributed by atoms with E-state index in [1.165, 1.54) is 11.8 Å². The van der Waals surface area contributed by atoms with Gasteiger partial charge in [0, 0.05) is 17.7 Å². The molecular formula is C25H21N3O3S. The molecule has 0 saturated heterocycles. The molecule has 0 aliphatic heterocycles. The Kier molecular flexibility index (Phi) is 6.47. The van der Waals surface area contributed by atoms with E-state index in [4.69, 9.17) is 0 Å². The molecular weight excluding hydrogens is 422 g/mol. The van der Waals surface area contributed by atoms with Gasteiger partial charge in [-0.2, -0.15) is 0 Å². The van der Waals surface area contributed by atoms with Crippen molar-refractivity contribution in [2.75, 3.05) is 11.1 Å². The average molecular weight is 444 g/mol. The summed E-state index contributed by atoms with van der Waals surface area (Å²) in [6.07, 6.45) is 0.388. The Morgan fingerprint density at radius 3 is 2.34 bits per heavy atom. The number of rotatable bonds is 7. The predicted molar refractivity (Wildman–Crippen MR) is 128 cm³/mol. The highest BCUT2D eigenvalue weighted by Crippen LogP contribution is 2.22. The van der Waals surface area contributed by atoms with E-state index in [0.29, 0.717) is 39.4 Å². The zero-order valence-corrected chi connectivity index (χ0v) is 18.3. The van der Waals surface area contributed by atoms with Gasteiger partial charge in [0.05, 0.1) is 22.3 Å². The van der Waals surface area contributed by atoms with Crippen LogP contribution in [0.15, 0.2) is 88.8 Å². The monoisotopic (exact) mass is 443 g/mol. The Morgan fingerprint density at radius 2 is 1.62 bits per heavy atom. The number of carbonyl (C=O) groups is 2. The molecule has 0 bridgehead atoms. The van der Waals surface area contributed by atoms with Gasteiger partial charge in [0.2, 0.25) is 5.91 Å². The molecule has 6 nitrogen and oxygen atoms in total. The molecule has 0 spiro atoms. The Morgan fingerprint density at radius 1 is 0.938 bits per heavy atom. The Labute approximate surface area is 189 Å². The summed E-state index contributed by atoms with van der Waals surface area (Å²) in [6.45, 7) is 1.78. The number of carbonyl (C=O) groups excluding carboxylic acids is 2. The van der Waals surface area contributed by atoms with E-state index in [2.05, 4.69) is 10.3 Å². The summed E-state index contributed by atoms with van der Waals surface area (Å²) < 4.78 is 1.55. The minimum absolute atomic E-state index is 0.0825. The van der Waals surface area contributed by atoms with E-state index in [-0.39, 0.29) is 23.0 Å². The van der Waals surface area contributed by atoms with Crippen LogP contribution in [0.3, 0.4) is 0 Å². The van der Waals surface area contributed by atoms with Gasteiger partial charge in [0.15, 0.2) is 10.9 Å². The molecule has 1 amide bonds. The highest BCUT2D eigenvalue weighted by atomic mass is 32.2. The fraction of sp³-hybridized carbons (Fsp3) is 0.120. The van der Waals surface area contributed by atoms with Crippen molar-refractivity contribution < 1.29 is 9.59 Å². The number of aromatic nitrogens is 2. The maximum absolute atomic E-state index is 13.2. The molecule has 32 heavy (non-hydrogen) atoms. The first-order chi connectivity index (χ1) is 15.6. The molecule has 0 radical (unpaired) electrons. The maximum Gasteiger partial charge on any atom is 0.266 e. The van der Waals surface area contributed by atoms with Crippen molar-refractivity contribution in [2.45, 2.75) is 18.5 Å². The summed E-state index contributed by atoms with van der Waals surface area (Å²) in [6, 6.07) is 23.3. The number of hydrogen-bond donors (Lipinski definition) is 1. The standard InChI is InChI=1S/C25H21N3O3S/c1-2-23(30)26-18-14-12-17(13-15-18)22(29)16-32-25-27-21-11-7-6-10-20(21)24(31)28(25)19-8-4-3-5-9-19/h3-15H,2,16H2,1H3,(H,26,30). The zero-order chi connectivity index (χ0) is 22.5. The van der Waals surface area contributed by atoms with Gasteiger partial charge in [0.25, 0.3) is 5.56 Å². The van der Waals surface area contributed by atoms with Gasteiger partial charge >= 0.3 is 0 Å². The number of thioether (sulfide) groups is 1. The molecule has 4 rings (SSSR count). The second-order valence-electron chi connectivity index (χ2n) is 7.08. The van der Waals surface area contributed by atoms with E-state index in [0.717, 1.165) is 0 Å². The molecule has 1 heterocycles. The minimum atomic E-state index is -0.173. The van der Waals surface area contributed by atoms with Crippen molar-refractivity contribution in [1.82, 2.24) is 9.55 Å². The minimum Gasteiger partial charge on any atom is -0.326 e. The van der Waals surface area contributed by atoms with Gasteiger partial charge in [-0.25, -0.2) is 4.98 Å². The van der Waals surface area contributed by atoms with Crippen molar-refractivity contribution in [3.8, 4) is 5.69 Å². The number of fused-ring (bicyclic) bond motifs is 1. The van der Waals surface area contributed by atoms with E-state index in [9.17, 15) is 14.4 Å². The second kappa shape index (κ2) is 9.62. The molecule has 160 valence electrons. The van der Waals surface area contributed by atoms with Crippen LogP contribution in [0.4, 0.5) is 5.69 Å². The lowest BCUT2D eigenvalue weighted by atomic mass is 10.1. The van der Waals surface area contributed by atoms with Crippen LogP contribution in [0.25, 0.3) is 16.6 Å². The van der Waals surface area contributed by atoms with Crippen LogP contribution in [-0.4, -0.2) is 27.0 Å². The van der Waals surface area contributed by atoms with Crippen LogP contribution in [-0.2, 0) is 4.79 Å². The molecule has 1 N–H and O–H groups in total. The summed E-state index contributed by atoms with van der Waals surface area (Å²) in [5, 5.41) is 3.74. The average Bonchev–Trinajstić information content (AvgIpc) is 2.83. The van der Waals surface area contributed by atoms with Crippen LogP contribution >= 0.6 is 11.8 Å². The first-order valence-electron chi connectivity index (χ1n) is 10.2. The van der Waals surface area contributed by atoms with Gasteiger partial charge in [-0.05, 0) is 48.5 Å². The van der Waals surface area contributed by atoms with Crippen molar-refractivity contribution in [2.24, 2.45) is 0 Å². The lowest BCUT2D eigenvalue weighted by molar-refractivity contribution is -0.115. The number of hydrogen-bond acceptors (Lipinski definition) is 5. The Bertz CT molecular complexity index is 1330. The van der Waals surface area contributed by atoms with Crippen molar-refractivity contribution in [3.05, 3.63) is 94.8 Å². The second-order valence-corrected chi connectivity index (χ2v) is 8.02. The third-order valence-corrected chi connectivity index (χ3v) is 5.84. The van der Waals surface area contributed by atoms with Gasteiger partial charge in [-0.1, -0.05) is 49.0 Å². The number of amides is 1. The lowest BCUT2D eigenvalue weighted by Crippen LogP contribution is -2.22. The van der Waals surface area contributed by atoms with Crippen molar-refractivity contribution >= 4 is 40.0 Å². The molecule has 1 aromatic heterocycles. The third-order valence-electron chi connectivity index (χ3n) is 4.90. The fourth-order valence-corrected chi connectivity index (χ4v) is 4.12. The van der Waals surface area contributed by atoms with E-state index >= 15 is 0 Å². The SMILES string of the molecule is CCC(=O)Nc1ccc(C(=O)CSc2nc3ccccc3c(=O)n2-c2ccccc2)cc1. The van der Waals surface area contributed by atoms with E-state index < -0.39 is 0 Å². The quantitative estimate of drug-likeness (QED) is 0.254. The molecule has 3 aromatic carbocycles. The largest absolute Gasteiger partial charge is 0.326 e. The summed E-state index contributed by atoms with van der Waals surface area (Å²) >= 11 is 1.22. The molecule has 0 aliphatic rings. The summed E-state index contributed by atoms with van der Waals surface area (Å²) in [5.74, 6) is -0.0514. The van der Waals surface area contributed by atoms with Crippen LogP contribution < -0.4 is 10.9 Å². The van der Waals surface area contributed by atoms with E-state index in [1.54, 1.807) is 47.9 Å². The first-order valence-corrected chi connectivity index (χ1v) is 11.2. The number of para-hydroxylation sites is 2. The van der Waals surface area contributed by atoms with Crippen molar-refractivity contribution in [3.63, 3.8) is 0 Å². The summed E-state index contributed by atoms with van der Waals surface area (Å²) in [7, 11) is 0. The van der Waals surface area contributed by atoms with Crippen LogP contribution in [0.2, 0.25) is 0 Å². The number of nitrogens with one attached hydrogen (secondary N) is 1. The highest BCUT2D eigenvalue weighted by molar-refractivity contribution is 7.99. The topological polar surface area (TPSA) is 81.1 Å². The molecule has 0 aliphatic carbocycles. The maximum atomic E-state index is 13.2. The van der Waals surface area contributed by atoms with Gasteiger partial charge in [-0.3, -0.25) is 19.0 Å². The fourth-order valence-electron chi connectivity index (χ4n) is 3.22. The summed E-state index contributed by atoms with van der Waals surface area (Å²) in [5.41, 5.74) is 2.29. The Balaban J connectivity index is 1.61. The van der Waals surface area contributed by atoms with Gasteiger partial charge < -0.3 is 5.32 Å². The molecule has 0 saturated carbocycles. The van der Waals surface area contributed by atoms with Gasteiger partial charge in [0.1, 0.15) is 0 Å². The zero-order valence-electron chi connectivity index (χ0n) is 17.4. The number of anilines is 1. The lowest BCUT2D eigenvalue weighted by Gasteiger charge is -2.13. The number of ketones is 1. The van der Waals surface area contributed by atoms with Crippen LogP contribution in [0.5, 0.6) is 0 Å². The highest BCUT2D eigenvalue weighted by Gasteiger charge is 2.15. The third kappa shape index (κ3) is 4.63. The van der Waals surface area contributed by atoms with Crippen LogP contribution in [0, 0.1) is 0 Å². The van der Waals surface area contributed by atoms with Gasteiger partial charge in [-0.15, -0.1) is 0 Å². The molecule has 0 unspecified atom stereocenters. The normalized spacial score (nSPS) is 10.8. The predicted octanol–water partition coefficient (Wildman–Crippen LogP) is 4.71. The Hall–Kier alpha value is -3.71. The van der Waals surface area contributed by atoms with Crippen molar-refractivity contribution in [1.29, 1.82) is 0 Å². The molecule has 4 aromatic rings. The number of benzene rings is 3. The molecule has 7 heteroatoms. The number of nitrogens with zero attached hydrogens (tertiary/aromatic N) is 2. The smallest absolute Gasteiger partial charge is 0.266 e. The first kappa shape index (κ1) is 21.5. The molecule has 0 atom stereocenters. The summed E-state index contributed by atoms with van der Waals surface area (Å²) in [4.78, 5) is 42.2. The number of Topliss-reactive ketones (excluding diaryl/α,β-unsaturated/α-hetero) is 1. The molecule has 0 fully saturated rings. The van der Waals surface area contributed by atoms with Crippen LogP contribution in [0.1, 0.15) is 23.7 Å². The van der Waals surface area contributed by atoms with E-state index in [1.807, 2.05) is 42.5 Å².